The summed E-state index contributed by atoms with van der Waals surface area (Å²) in [6, 6.07) is 0.433. The van der Waals surface area contributed by atoms with Gasteiger partial charge in [-0.15, -0.1) is 0 Å². The Balaban J connectivity index is 2.45. The number of rotatable bonds is 4. The van der Waals surface area contributed by atoms with Crippen LogP contribution in [0.4, 0.5) is 0 Å². The fourth-order valence-electron chi connectivity index (χ4n) is 2.04. The van der Waals surface area contributed by atoms with Crippen LogP contribution in [0.5, 0.6) is 0 Å². The zero-order valence-corrected chi connectivity index (χ0v) is 9.45. The minimum atomic E-state index is 0.253. The van der Waals surface area contributed by atoms with E-state index in [0.717, 1.165) is 26.1 Å². The molecule has 0 amide bonds. The third-order valence-corrected chi connectivity index (χ3v) is 3.08. The highest BCUT2D eigenvalue weighted by Crippen LogP contribution is 2.17. The van der Waals surface area contributed by atoms with Gasteiger partial charge >= 0.3 is 0 Å². The minimum Gasteiger partial charge on any atom is -0.383 e. The summed E-state index contributed by atoms with van der Waals surface area (Å²) in [6.45, 7) is 6.82. The van der Waals surface area contributed by atoms with E-state index in [9.17, 15) is 4.79 Å². The monoisotopic (exact) mass is 199 g/mol. The molecule has 1 aliphatic rings. The van der Waals surface area contributed by atoms with Crippen LogP contribution >= 0.6 is 0 Å². The summed E-state index contributed by atoms with van der Waals surface area (Å²) < 4.78 is 5.13. The van der Waals surface area contributed by atoms with Gasteiger partial charge in [-0.1, -0.05) is 6.92 Å². The number of methoxy groups -OCH3 is 1. The predicted molar refractivity (Wildman–Crippen MR) is 56.3 cm³/mol. The van der Waals surface area contributed by atoms with Crippen molar-refractivity contribution in [2.45, 2.75) is 32.7 Å². The topological polar surface area (TPSA) is 29.5 Å². The second-order valence-corrected chi connectivity index (χ2v) is 4.12. The first kappa shape index (κ1) is 11.7. The summed E-state index contributed by atoms with van der Waals surface area (Å²) in [5.41, 5.74) is 0. The molecule has 1 saturated heterocycles. The highest BCUT2D eigenvalue weighted by molar-refractivity contribution is 5.82. The normalized spacial score (nSPS) is 26.5. The molecular weight excluding hydrogens is 178 g/mol. The molecule has 1 aliphatic heterocycles. The highest BCUT2D eigenvalue weighted by atomic mass is 16.5. The standard InChI is InChI=1S/C11H21NO2/c1-4-10-7-12(6-5-11(10)13)9(2)8-14-3/h9-10H,4-8H2,1-3H3. The summed E-state index contributed by atoms with van der Waals surface area (Å²) in [6.07, 6.45) is 1.68. The van der Waals surface area contributed by atoms with Crippen LogP contribution in [0.2, 0.25) is 0 Å². The number of piperidine rings is 1. The van der Waals surface area contributed by atoms with Crippen LogP contribution in [0.3, 0.4) is 0 Å². The molecule has 1 heterocycles. The van der Waals surface area contributed by atoms with Crippen LogP contribution < -0.4 is 0 Å². The number of ether oxygens (including phenoxy) is 1. The molecule has 1 rings (SSSR count). The molecule has 0 aliphatic carbocycles. The van der Waals surface area contributed by atoms with Crippen molar-refractivity contribution in [3.63, 3.8) is 0 Å². The summed E-state index contributed by atoms with van der Waals surface area (Å²) in [4.78, 5) is 13.9. The number of Topliss-reactive ketones (excluding diaryl/α,β-unsaturated/α-hetero) is 1. The van der Waals surface area contributed by atoms with Crippen LogP contribution in [0, 0.1) is 5.92 Å². The molecule has 2 unspecified atom stereocenters. The number of carbonyl (C=O) groups is 1. The summed E-state index contributed by atoms with van der Waals surface area (Å²) in [5, 5.41) is 0. The number of carbonyl (C=O) groups excluding carboxylic acids is 1. The van der Waals surface area contributed by atoms with E-state index in [1.165, 1.54) is 0 Å². The Morgan fingerprint density at radius 3 is 2.93 bits per heavy atom. The molecule has 0 radical (unpaired) electrons. The van der Waals surface area contributed by atoms with E-state index in [4.69, 9.17) is 4.74 Å². The lowest BCUT2D eigenvalue weighted by Crippen LogP contribution is -2.46. The van der Waals surface area contributed by atoms with Crippen LogP contribution in [0.15, 0.2) is 0 Å². The molecular formula is C11H21NO2. The third kappa shape index (κ3) is 2.79. The summed E-state index contributed by atoms with van der Waals surface area (Å²) >= 11 is 0. The largest absolute Gasteiger partial charge is 0.383 e. The van der Waals surface area contributed by atoms with E-state index in [2.05, 4.69) is 18.7 Å². The first-order chi connectivity index (χ1) is 6.69. The average Bonchev–Trinajstić information content (AvgIpc) is 2.19. The van der Waals surface area contributed by atoms with Crippen molar-refractivity contribution in [1.29, 1.82) is 0 Å². The Kier molecular flexibility index (Phi) is 4.55. The first-order valence-electron chi connectivity index (χ1n) is 5.44. The maximum Gasteiger partial charge on any atom is 0.138 e. The number of hydrogen-bond donors (Lipinski definition) is 0. The van der Waals surface area contributed by atoms with Crippen LogP contribution in [-0.2, 0) is 9.53 Å². The maximum atomic E-state index is 11.5. The van der Waals surface area contributed by atoms with E-state index >= 15 is 0 Å². The molecule has 14 heavy (non-hydrogen) atoms. The molecule has 82 valence electrons. The van der Waals surface area contributed by atoms with Crippen molar-refractivity contribution in [3.8, 4) is 0 Å². The van der Waals surface area contributed by atoms with Gasteiger partial charge in [0.15, 0.2) is 0 Å². The van der Waals surface area contributed by atoms with Gasteiger partial charge in [0, 0.05) is 38.6 Å². The molecule has 1 fully saturated rings. The lowest BCUT2D eigenvalue weighted by molar-refractivity contribution is -0.127. The van der Waals surface area contributed by atoms with E-state index in [-0.39, 0.29) is 5.92 Å². The average molecular weight is 199 g/mol. The summed E-state index contributed by atoms with van der Waals surface area (Å²) in [7, 11) is 1.73. The molecule has 0 saturated carbocycles. The Morgan fingerprint density at radius 1 is 1.64 bits per heavy atom. The Bertz CT molecular complexity index is 194. The van der Waals surface area contributed by atoms with Gasteiger partial charge < -0.3 is 4.74 Å². The number of ketones is 1. The lowest BCUT2D eigenvalue weighted by atomic mass is 9.93. The van der Waals surface area contributed by atoms with Crippen molar-refractivity contribution >= 4 is 5.78 Å². The fraction of sp³-hybridized carbons (Fsp3) is 0.909. The molecule has 0 spiro atoms. The van der Waals surface area contributed by atoms with Gasteiger partial charge in [-0.25, -0.2) is 0 Å². The maximum absolute atomic E-state index is 11.5. The second-order valence-electron chi connectivity index (χ2n) is 4.12. The zero-order valence-electron chi connectivity index (χ0n) is 9.45. The first-order valence-corrected chi connectivity index (χ1v) is 5.44. The van der Waals surface area contributed by atoms with Gasteiger partial charge in [-0.05, 0) is 13.3 Å². The van der Waals surface area contributed by atoms with Crippen molar-refractivity contribution in [1.82, 2.24) is 4.90 Å². The predicted octanol–water partition coefficient (Wildman–Crippen LogP) is 1.32. The third-order valence-electron chi connectivity index (χ3n) is 3.08. The van der Waals surface area contributed by atoms with Crippen molar-refractivity contribution < 1.29 is 9.53 Å². The minimum absolute atomic E-state index is 0.253. The fourth-order valence-corrected chi connectivity index (χ4v) is 2.04. The van der Waals surface area contributed by atoms with Gasteiger partial charge in [0.1, 0.15) is 5.78 Å². The number of hydrogen-bond acceptors (Lipinski definition) is 3. The van der Waals surface area contributed by atoms with E-state index in [1.807, 2.05) is 0 Å². The molecule has 0 aromatic heterocycles. The molecule has 0 aromatic carbocycles. The smallest absolute Gasteiger partial charge is 0.138 e. The zero-order chi connectivity index (χ0) is 10.6. The Hall–Kier alpha value is -0.410. The second kappa shape index (κ2) is 5.47. The molecule has 0 bridgehead atoms. The van der Waals surface area contributed by atoms with Gasteiger partial charge in [0.25, 0.3) is 0 Å². The van der Waals surface area contributed by atoms with E-state index in [0.29, 0.717) is 18.2 Å². The Morgan fingerprint density at radius 2 is 2.36 bits per heavy atom. The molecule has 2 atom stereocenters. The van der Waals surface area contributed by atoms with E-state index in [1.54, 1.807) is 7.11 Å². The van der Waals surface area contributed by atoms with Crippen LogP contribution in [0.1, 0.15) is 26.7 Å². The van der Waals surface area contributed by atoms with Crippen LogP contribution in [-0.4, -0.2) is 43.5 Å². The number of nitrogens with zero attached hydrogens (tertiary/aromatic N) is 1. The number of likely N-dealkylation sites (tertiary alicyclic amines) is 1. The Labute approximate surface area is 86.4 Å². The van der Waals surface area contributed by atoms with Crippen LogP contribution in [0.25, 0.3) is 0 Å². The van der Waals surface area contributed by atoms with E-state index < -0.39 is 0 Å². The molecule has 3 heteroatoms. The van der Waals surface area contributed by atoms with Gasteiger partial charge in [-0.2, -0.15) is 0 Å². The van der Waals surface area contributed by atoms with Gasteiger partial charge in [0.05, 0.1) is 6.61 Å². The van der Waals surface area contributed by atoms with Crippen molar-refractivity contribution in [3.05, 3.63) is 0 Å². The molecule has 0 N–H and O–H groups in total. The van der Waals surface area contributed by atoms with Gasteiger partial charge in [0.2, 0.25) is 0 Å². The molecule has 3 nitrogen and oxygen atoms in total. The molecule has 0 aromatic rings. The van der Waals surface area contributed by atoms with Crippen molar-refractivity contribution in [2.24, 2.45) is 5.92 Å². The van der Waals surface area contributed by atoms with Crippen molar-refractivity contribution in [2.75, 3.05) is 26.8 Å². The summed E-state index contributed by atoms with van der Waals surface area (Å²) in [5.74, 6) is 0.691. The SMILES string of the molecule is CCC1CN(C(C)COC)CCC1=O. The lowest BCUT2D eigenvalue weighted by Gasteiger charge is -2.35. The van der Waals surface area contributed by atoms with Gasteiger partial charge in [-0.3, -0.25) is 9.69 Å². The highest BCUT2D eigenvalue weighted by Gasteiger charge is 2.27. The quantitative estimate of drug-likeness (QED) is 0.684.